The maximum atomic E-state index is 4.55. The van der Waals surface area contributed by atoms with Crippen molar-refractivity contribution < 1.29 is 0 Å². The number of hydrogen-bond donors (Lipinski definition) is 1. The maximum Gasteiger partial charge on any atom is 0.0719 e. The van der Waals surface area contributed by atoms with Crippen molar-refractivity contribution in [1.29, 1.82) is 0 Å². The molecule has 0 aliphatic rings. The molecule has 0 amide bonds. The average Bonchev–Trinajstić information content (AvgIpc) is 2.80. The van der Waals surface area contributed by atoms with Crippen molar-refractivity contribution in [2.45, 2.75) is 25.8 Å². The summed E-state index contributed by atoms with van der Waals surface area (Å²) < 4.78 is 3.82. The average molecular weight is 402 g/mol. The summed E-state index contributed by atoms with van der Waals surface area (Å²) in [5.74, 6) is 0. The monoisotopic (exact) mass is 400 g/mol. The lowest BCUT2D eigenvalue weighted by molar-refractivity contribution is 0.515. The van der Waals surface area contributed by atoms with Crippen LogP contribution in [0.5, 0.6) is 0 Å². The first-order valence-corrected chi connectivity index (χ1v) is 8.20. The van der Waals surface area contributed by atoms with Crippen LogP contribution in [0, 0.1) is 0 Å². The fraction of sp³-hybridized carbons (Fsp3) is 0.429. The van der Waals surface area contributed by atoms with Crippen molar-refractivity contribution in [3.8, 4) is 0 Å². The van der Waals surface area contributed by atoms with E-state index in [4.69, 9.17) is 0 Å². The molecule has 0 spiro atoms. The Morgan fingerprint density at radius 3 is 2.75 bits per heavy atom. The van der Waals surface area contributed by atoms with Crippen LogP contribution in [0.3, 0.4) is 0 Å². The van der Waals surface area contributed by atoms with Gasteiger partial charge in [0.1, 0.15) is 0 Å². The number of aromatic nitrogens is 3. The Bertz CT molecular complexity index is 568. The third kappa shape index (κ3) is 4.14. The van der Waals surface area contributed by atoms with E-state index in [-0.39, 0.29) is 6.04 Å². The minimum atomic E-state index is 0.182. The molecule has 0 aliphatic heterocycles. The van der Waals surface area contributed by atoms with E-state index in [1.165, 1.54) is 5.56 Å². The van der Waals surface area contributed by atoms with Gasteiger partial charge in [0.05, 0.1) is 17.9 Å². The van der Waals surface area contributed by atoms with Crippen molar-refractivity contribution in [2.24, 2.45) is 7.05 Å². The van der Waals surface area contributed by atoms with Crippen molar-refractivity contribution in [3.05, 3.63) is 44.9 Å². The number of halogens is 2. The largest absolute Gasteiger partial charge is 0.308 e. The SMILES string of the molecule is CCCNC(Cc1cnn(C)c1)c1ncc(Br)cc1Br. The number of pyridine rings is 1. The van der Waals surface area contributed by atoms with Gasteiger partial charge in [-0.25, -0.2) is 0 Å². The highest BCUT2D eigenvalue weighted by atomic mass is 79.9. The van der Waals surface area contributed by atoms with Crippen molar-refractivity contribution in [3.63, 3.8) is 0 Å². The molecule has 2 aromatic heterocycles. The van der Waals surface area contributed by atoms with Crippen LogP contribution in [0.15, 0.2) is 33.6 Å². The molecule has 2 heterocycles. The van der Waals surface area contributed by atoms with Crippen LogP contribution in [-0.4, -0.2) is 21.3 Å². The Morgan fingerprint density at radius 1 is 1.35 bits per heavy atom. The summed E-state index contributed by atoms with van der Waals surface area (Å²) in [7, 11) is 1.94. The summed E-state index contributed by atoms with van der Waals surface area (Å²) in [5.41, 5.74) is 2.24. The van der Waals surface area contributed by atoms with Crippen LogP contribution in [-0.2, 0) is 13.5 Å². The van der Waals surface area contributed by atoms with Gasteiger partial charge in [0.25, 0.3) is 0 Å². The second-order valence-corrected chi connectivity index (χ2v) is 6.52. The molecule has 0 bridgehead atoms. The molecule has 1 N–H and O–H groups in total. The predicted octanol–water partition coefficient (Wildman–Crippen LogP) is 3.62. The highest BCUT2D eigenvalue weighted by Crippen LogP contribution is 2.26. The Morgan fingerprint density at radius 2 is 2.15 bits per heavy atom. The van der Waals surface area contributed by atoms with Crippen LogP contribution >= 0.6 is 31.9 Å². The third-order valence-corrected chi connectivity index (χ3v) is 4.07. The molecule has 0 saturated heterocycles. The summed E-state index contributed by atoms with van der Waals surface area (Å²) in [6.45, 7) is 3.13. The van der Waals surface area contributed by atoms with E-state index >= 15 is 0 Å². The molecule has 0 radical (unpaired) electrons. The van der Waals surface area contributed by atoms with E-state index < -0.39 is 0 Å². The van der Waals surface area contributed by atoms with Gasteiger partial charge in [0.2, 0.25) is 0 Å². The van der Waals surface area contributed by atoms with E-state index in [2.05, 4.69) is 54.2 Å². The third-order valence-electron chi connectivity index (χ3n) is 3.01. The topological polar surface area (TPSA) is 42.7 Å². The molecule has 4 nitrogen and oxygen atoms in total. The summed E-state index contributed by atoms with van der Waals surface area (Å²) >= 11 is 7.05. The van der Waals surface area contributed by atoms with E-state index in [1.54, 1.807) is 0 Å². The zero-order chi connectivity index (χ0) is 14.5. The fourth-order valence-corrected chi connectivity index (χ4v) is 3.34. The Kier molecular flexibility index (Phi) is 5.74. The van der Waals surface area contributed by atoms with Gasteiger partial charge in [-0.3, -0.25) is 9.67 Å². The van der Waals surface area contributed by atoms with E-state index in [1.807, 2.05) is 36.4 Å². The van der Waals surface area contributed by atoms with Crippen molar-refractivity contribution in [2.75, 3.05) is 6.54 Å². The molecular formula is C14H18Br2N4. The van der Waals surface area contributed by atoms with Gasteiger partial charge in [-0.15, -0.1) is 0 Å². The van der Waals surface area contributed by atoms with Gasteiger partial charge in [-0.05, 0) is 62.9 Å². The van der Waals surface area contributed by atoms with Crippen LogP contribution in [0.4, 0.5) is 0 Å². The molecule has 1 atom stereocenters. The number of hydrogen-bond acceptors (Lipinski definition) is 3. The summed E-state index contributed by atoms with van der Waals surface area (Å²) in [6.07, 6.45) is 7.77. The van der Waals surface area contributed by atoms with Crippen LogP contribution in [0.25, 0.3) is 0 Å². The van der Waals surface area contributed by atoms with Gasteiger partial charge in [0, 0.05) is 28.4 Å². The molecule has 0 aromatic carbocycles. The minimum Gasteiger partial charge on any atom is -0.308 e. The molecule has 0 aliphatic carbocycles. The Labute approximate surface area is 136 Å². The summed E-state index contributed by atoms with van der Waals surface area (Å²) in [6, 6.07) is 2.22. The predicted molar refractivity (Wildman–Crippen MR) is 87.6 cm³/mol. The van der Waals surface area contributed by atoms with Crippen molar-refractivity contribution in [1.82, 2.24) is 20.1 Å². The lowest BCUT2D eigenvalue weighted by Gasteiger charge is -2.18. The van der Waals surface area contributed by atoms with Gasteiger partial charge in [-0.1, -0.05) is 6.92 Å². The zero-order valence-electron chi connectivity index (χ0n) is 11.6. The number of aryl methyl sites for hydroxylation is 1. The van der Waals surface area contributed by atoms with Gasteiger partial charge in [0.15, 0.2) is 0 Å². The Balaban J connectivity index is 2.22. The lowest BCUT2D eigenvalue weighted by Crippen LogP contribution is -2.25. The maximum absolute atomic E-state index is 4.55. The standard InChI is InChI=1S/C14H18Br2N4/c1-3-4-17-13(5-10-7-19-20(2)9-10)14-12(16)6-11(15)8-18-14/h6-9,13,17H,3-5H2,1-2H3. The normalized spacial score (nSPS) is 12.6. The highest BCUT2D eigenvalue weighted by Gasteiger charge is 2.17. The second-order valence-electron chi connectivity index (χ2n) is 4.75. The van der Waals surface area contributed by atoms with E-state index in [9.17, 15) is 0 Å². The van der Waals surface area contributed by atoms with Gasteiger partial charge < -0.3 is 5.32 Å². The summed E-state index contributed by atoms with van der Waals surface area (Å²) in [5, 5.41) is 7.79. The molecule has 2 aromatic rings. The minimum absolute atomic E-state index is 0.182. The molecule has 0 fully saturated rings. The Hall–Kier alpha value is -0.720. The quantitative estimate of drug-likeness (QED) is 0.803. The first kappa shape index (κ1) is 15.7. The van der Waals surface area contributed by atoms with Gasteiger partial charge in [-0.2, -0.15) is 5.10 Å². The number of rotatable bonds is 6. The fourth-order valence-electron chi connectivity index (χ4n) is 2.08. The lowest BCUT2D eigenvalue weighted by atomic mass is 10.1. The van der Waals surface area contributed by atoms with Gasteiger partial charge >= 0.3 is 0 Å². The molecule has 108 valence electrons. The first-order chi connectivity index (χ1) is 9.60. The molecule has 6 heteroatoms. The smallest absolute Gasteiger partial charge is 0.0719 e. The zero-order valence-corrected chi connectivity index (χ0v) is 14.8. The van der Waals surface area contributed by atoms with E-state index in [0.29, 0.717) is 0 Å². The first-order valence-electron chi connectivity index (χ1n) is 6.62. The van der Waals surface area contributed by atoms with Crippen LogP contribution in [0.1, 0.15) is 30.6 Å². The second kappa shape index (κ2) is 7.33. The van der Waals surface area contributed by atoms with Crippen LogP contribution in [0.2, 0.25) is 0 Å². The number of nitrogens with one attached hydrogen (secondary N) is 1. The molecule has 20 heavy (non-hydrogen) atoms. The van der Waals surface area contributed by atoms with Crippen LogP contribution < -0.4 is 5.32 Å². The highest BCUT2D eigenvalue weighted by molar-refractivity contribution is 9.11. The molecule has 1 unspecified atom stereocenters. The van der Waals surface area contributed by atoms with E-state index in [0.717, 1.165) is 34.0 Å². The molecule has 0 saturated carbocycles. The molecule has 2 rings (SSSR count). The molecular weight excluding hydrogens is 384 g/mol. The summed E-state index contributed by atoms with van der Waals surface area (Å²) in [4.78, 5) is 4.55. The van der Waals surface area contributed by atoms with Crippen molar-refractivity contribution >= 4 is 31.9 Å². The number of nitrogens with zero attached hydrogens (tertiary/aromatic N) is 3.